The van der Waals surface area contributed by atoms with E-state index in [2.05, 4.69) is 5.10 Å². The molecule has 0 radical (unpaired) electrons. The Balaban J connectivity index is 1.45. The van der Waals surface area contributed by atoms with Crippen LogP contribution in [0.4, 0.5) is 18.9 Å². The summed E-state index contributed by atoms with van der Waals surface area (Å²) in [4.78, 5) is 16.9. The number of amides is 1. The van der Waals surface area contributed by atoms with Gasteiger partial charge in [0.15, 0.2) is 0 Å². The van der Waals surface area contributed by atoms with Gasteiger partial charge in [0.1, 0.15) is 0 Å². The van der Waals surface area contributed by atoms with E-state index in [9.17, 15) is 18.0 Å². The summed E-state index contributed by atoms with van der Waals surface area (Å²) in [6, 6.07) is 15.3. The van der Waals surface area contributed by atoms with Crippen LogP contribution < -0.4 is 4.90 Å². The third kappa shape index (κ3) is 4.49. The average molecular weight is 442 g/mol. The van der Waals surface area contributed by atoms with Crippen LogP contribution in [0.2, 0.25) is 0 Å². The Bertz CT molecular complexity index is 1100. The van der Waals surface area contributed by atoms with Gasteiger partial charge in [0.05, 0.1) is 23.4 Å². The van der Waals surface area contributed by atoms with Gasteiger partial charge in [-0.15, -0.1) is 0 Å². The van der Waals surface area contributed by atoms with Gasteiger partial charge >= 0.3 is 6.18 Å². The van der Waals surface area contributed by atoms with Crippen LogP contribution in [0.3, 0.4) is 0 Å². The topological polar surface area (TPSA) is 41.4 Å². The number of aryl methyl sites for hydroxylation is 1. The Hall–Kier alpha value is -3.29. The predicted octanol–water partition coefficient (Wildman–Crippen LogP) is 4.53. The van der Waals surface area contributed by atoms with Gasteiger partial charge < -0.3 is 9.80 Å². The van der Waals surface area contributed by atoms with Gasteiger partial charge in [0, 0.05) is 37.6 Å². The highest BCUT2D eigenvalue weighted by atomic mass is 19.4. The van der Waals surface area contributed by atoms with E-state index < -0.39 is 11.7 Å². The SMILES string of the molecule is Cc1nn(Cc2ccccc2)c(C)c1C(=O)N1CCN(c2cccc(C(F)(F)F)c2)CC1. The number of hydrogen-bond donors (Lipinski definition) is 0. The van der Waals surface area contributed by atoms with Crippen molar-refractivity contribution in [3.05, 3.63) is 82.7 Å². The van der Waals surface area contributed by atoms with Crippen molar-refractivity contribution in [2.45, 2.75) is 26.6 Å². The van der Waals surface area contributed by atoms with Gasteiger partial charge in [0.25, 0.3) is 5.91 Å². The summed E-state index contributed by atoms with van der Waals surface area (Å²) in [6.45, 7) is 6.15. The van der Waals surface area contributed by atoms with E-state index in [4.69, 9.17) is 0 Å². The molecule has 1 aromatic heterocycles. The Morgan fingerprint density at radius 3 is 2.31 bits per heavy atom. The van der Waals surface area contributed by atoms with E-state index in [0.29, 0.717) is 49.7 Å². The standard InChI is InChI=1S/C24H25F3N4O/c1-17-22(18(2)31(28-17)16-19-7-4-3-5-8-19)23(32)30-13-11-29(12-14-30)21-10-6-9-20(15-21)24(25,26)27/h3-10,15H,11-14,16H2,1-2H3. The molecule has 5 nitrogen and oxygen atoms in total. The lowest BCUT2D eigenvalue weighted by molar-refractivity contribution is -0.137. The van der Waals surface area contributed by atoms with Gasteiger partial charge in [-0.2, -0.15) is 18.3 Å². The van der Waals surface area contributed by atoms with Crippen LogP contribution in [-0.2, 0) is 12.7 Å². The Labute approximate surface area is 185 Å². The third-order valence-electron chi connectivity index (χ3n) is 5.88. The highest BCUT2D eigenvalue weighted by Gasteiger charge is 2.32. The fourth-order valence-electron chi connectivity index (χ4n) is 4.12. The van der Waals surface area contributed by atoms with Crippen LogP contribution in [0, 0.1) is 13.8 Å². The van der Waals surface area contributed by atoms with E-state index in [-0.39, 0.29) is 5.91 Å². The molecule has 0 atom stereocenters. The maximum absolute atomic E-state index is 13.2. The monoisotopic (exact) mass is 442 g/mol. The number of alkyl halides is 3. The van der Waals surface area contributed by atoms with E-state index in [1.54, 1.807) is 11.0 Å². The van der Waals surface area contributed by atoms with Gasteiger partial charge in [-0.1, -0.05) is 36.4 Å². The van der Waals surface area contributed by atoms with Crippen molar-refractivity contribution in [1.29, 1.82) is 0 Å². The second kappa shape index (κ2) is 8.68. The van der Waals surface area contributed by atoms with Gasteiger partial charge in [0.2, 0.25) is 0 Å². The maximum Gasteiger partial charge on any atom is 0.416 e. The smallest absolute Gasteiger partial charge is 0.368 e. The zero-order valence-corrected chi connectivity index (χ0v) is 18.1. The number of rotatable bonds is 4. The minimum atomic E-state index is -4.37. The molecule has 1 aliphatic rings. The molecule has 1 amide bonds. The second-order valence-electron chi connectivity index (χ2n) is 8.02. The Morgan fingerprint density at radius 1 is 0.969 bits per heavy atom. The third-order valence-corrected chi connectivity index (χ3v) is 5.88. The summed E-state index contributed by atoms with van der Waals surface area (Å²) in [6.07, 6.45) is -4.37. The number of carbonyl (C=O) groups is 1. The molecule has 2 heterocycles. The normalized spacial score (nSPS) is 14.7. The minimum absolute atomic E-state index is 0.0806. The van der Waals surface area contributed by atoms with E-state index >= 15 is 0 Å². The van der Waals surface area contributed by atoms with E-state index in [0.717, 1.165) is 17.3 Å². The van der Waals surface area contributed by atoms with Crippen LogP contribution in [0.25, 0.3) is 0 Å². The lowest BCUT2D eigenvalue weighted by Gasteiger charge is -2.36. The largest absolute Gasteiger partial charge is 0.416 e. The Morgan fingerprint density at radius 2 is 1.66 bits per heavy atom. The number of benzene rings is 2. The molecule has 168 valence electrons. The second-order valence-corrected chi connectivity index (χ2v) is 8.02. The lowest BCUT2D eigenvalue weighted by Crippen LogP contribution is -2.49. The van der Waals surface area contributed by atoms with Crippen molar-refractivity contribution in [3.8, 4) is 0 Å². The molecule has 0 unspecified atom stereocenters. The first kappa shape index (κ1) is 21.9. The summed E-state index contributed by atoms with van der Waals surface area (Å²) in [5, 5.41) is 4.57. The molecule has 8 heteroatoms. The van der Waals surface area contributed by atoms with Crippen molar-refractivity contribution in [3.63, 3.8) is 0 Å². The molecule has 0 aliphatic carbocycles. The molecule has 4 rings (SSSR count). The Kier molecular flexibility index (Phi) is 5.95. The summed E-state index contributed by atoms with van der Waals surface area (Å²) < 4.78 is 40.9. The number of nitrogens with zero attached hydrogens (tertiary/aromatic N) is 4. The van der Waals surface area contributed by atoms with Gasteiger partial charge in [-0.05, 0) is 37.6 Å². The number of piperazine rings is 1. The molecule has 0 spiro atoms. The van der Waals surface area contributed by atoms with Crippen molar-refractivity contribution < 1.29 is 18.0 Å². The van der Waals surface area contributed by atoms with Crippen molar-refractivity contribution >= 4 is 11.6 Å². The summed E-state index contributed by atoms with van der Waals surface area (Å²) in [7, 11) is 0. The first-order chi connectivity index (χ1) is 15.2. The van der Waals surface area contributed by atoms with Crippen LogP contribution in [0.15, 0.2) is 54.6 Å². The fourth-order valence-corrected chi connectivity index (χ4v) is 4.12. The molecule has 1 saturated heterocycles. The summed E-state index contributed by atoms with van der Waals surface area (Å²) >= 11 is 0. The zero-order chi connectivity index (χ0) is 22.9. The van der Waals surface area contributed by atoms with Crippen LogP contribution in [-0.4, -0.2) is 46.8 Å². The van der Waals surface area contributed by atoms with Crippen molar-refractivity contribution in [1.82, 2.24) is 14.7 Å². The van der Waals surface area contributed by atoms with E-state index in [1.165, 1.54) is 12.1 Å². The lowest BCUT2D eigenvalue weighted by atomic mass is 10.1. The quantitative estimate of drug-likeness (QED) is 0.596. The highest BCUT2D eigenvalue weighted by Crippen LogP contribution is 2.32. The summed E-state index contributed by atoms with van der Waals surface area (Å²) in [5.41, 5.74) is 3.07. The number of anilines is 1. The van der Waals surface area contributed by atoms with Gasteiger partial charge in [-0.25, -0.2) is 0 Å². The molecule has 0 saturated carbocycles. The molecule has 2 aromatic carbocycles. The number of halogens is 3. The van der Waals surface area contributed by atoms with E-state index in [1.807, 2.05) is 53.8 Å². The van der Waals surface area contributed by atoms with Gasteiger partial charge in [-0.3, -0.25) is 9.48 Å². The molecule has 1 fully saturated rings. The van der Waals surface area contributed by atoms with Crippen molar-refractivity contribution in [2.75, 3.05) is 31.1 Å². The minimum Gasteiger partial charge on any atom is -0.368 e. The predicted molar refractivity (Wildman–Crippen MR) is 117 cm³/mol. The molecule has 32 heavy (non-hydrogen) atoms. The molecular weight excluding hydrogens is 417 g/mol. The zero-order valence-electron chi connectivity index (χ0n) is 18.1. The first-order valence-electron chi connectivity index (χ1n) is 10.5. The maximum atomic E-state index is 13.2. The molecule has 0 bridgehead atoms. The highest BCUT2D eigenvalue weighted by molar-refractivity contribution is 5.96. The van der Waals surface area contributed by atoms with Crippen LogP contribution in [0.5, 0.6) is 0 Å². The molecular formula is C24H25F3N4O. The fraction of sp³-hybridized carbons (Fsp3) is 0.333. The number of carbonyl (C=O) groups excluding carboxylic acids is 1. The van der Waals surface area contributed by atoms with Crippen molar-refractivity contribution in [2.24, 2.45) is 0 Å². The molecule has 1 aliphatic heterocycles. The number of hydrogen-bond acceptors (Lipinski definition) is 3. The molecule has 0 N–H and O–H groups in total. The first-order valence-corrected chi connectivity index (χ1v) is 10.5. The van der Waals surface area contributed by atoms with Crippen LogP contribution in [0.1, 0.15) is 32.9 Å². The van der Waals surface area contributed by atoms with Crippen LogP contribution >= 0.6 is 0 Å². The average Bonchev–Trinajstić information content (AvgIpc) is 3.06. The summed E-state index contributed by atoms with van der Waals surface area (Å²) in [5.74, 6) is -0.0806. The molecule has 3 aromatic rings. The number of aromatic nitrogens is 2.